The number of carbonyl (C=O) groups is 2. The Kier molecular flexibility index (Phi) is 3.88. The summed E-state index contributed by atoms with van der Waals surface area (Å²) in [4.78, 5) is 22.1. The first-order chi connectivity index (χ1) is 7.58. The van der Waals surface area contributed by atoms with E-state index in [2.05, 4.69) is 11.3 Å². The molecule has 1 aliphatic heterocycles. The van der Waals surface area contributed by atoms with Gasteiger partial charge in [0, 0.05) is 11.6 Å². The molecular formula is C11H12O5. The third kappa shape index (κ3) is 2.73. The van der Waals surface area contributed by atoms with Gasteiger partial charge in [-0.3, -0.25) is 0 Å². The summed E-state index contributed by atoms with van der Waals surface area (Å²) < 4.78 is 14.3. The Morgan fingerprint density at radius 1 is 1.62 bits per heavy atom. The van der Waals surface area contributed by atoms with Crippen LogP contribution in [0.1, 0.15) is 6.92 Å². The van der Waals surface area contributed by atoms with Gasteiger partial charge in [-0.1, -0.05) is 12.7 Å². The zero-order valence-corrected chi connectivity index (χ0v) is 9.06. The maximum absolute atomic E-state index is 11.1. The van der Waals surface area contributed by atoms with Crippen LogP contribution < -0.4 is 0 Å². The highest BCUT2D eigenvalue weighted by Gasteiger charge is 2.22. The Balaban J connectivity index is 2.62. The van der Waals surface area contributed by atoms with Crippen LogP contribution in [-0.4, -0.2) is 25.3 Å². The van der Waals surface area contributed by atoms with Gasteiger partial charge in [-0.25, -0.2) is 9.59 Å². The number of ether oxygens (including phenoxy) is 3. The molecule has 1 rings (SSSR count). The molecule has 5 nitrogen and oxygen atoms in total. The molecule has 1 atom stereocenters. The van der Waals surface area contributed by atoms with Gasteiger partial charge < -0.3 is 14.2 Å². The lowest BCUT2D eigenvalue weighted by atomic mass is 10.3. The van der Waals surface area contributed by atoms with Gasteiger partial charge in [-0.15, -0.1) is 0 Å². The van der Waals surface area contributed by atoms with Gasteiger partial charge in [0.1, 0.15) is 6.26 Å². The van der Waals surface area contributed by atoms with Crippen LogP contribution in [0, 0.1) is 0 Å². The second-order valence-electron chi connectivity index (χ2n) is 3.03. The minimum atomic E-state index is -0.799. The third-order valence-corrected chi connectivity index (χ3v) is 1.90. The Bertz CT molecular complexity index is 378. The van der Waals surface area contributed by atoms with E-state index >= 15 is 0 Å². The Labute approximate surface area is 93.0 Å². The molecule has 0 aromatic heterocycles. The Morgan fingerprint density at radius 2 is 2.31 bits per heavy atom. The standard InChI is InChI=1S/C11H12O5/c1-4-8(11(13)14-3)6-15-9-5-7(2)10(12)16-9/h4-6,9H,1H2,2-3H3/b8-6+. The monoisotopic (exact) mass is 224 g/mol. The van der Waals surface area contributed by atoms with E-state index in [0.29, 0.717) is 5.57 Å². The summed E-state index contributed by atoms with van der Waals surface area (Å²) in [5.74, 6) is -1.00. The van der Waals surface area contributed by atoms with Crippen molar-refractivity contribution >= 4 is 11.9 Å². The van der Waals surface area contributed by atoms with E-state index in [0.717, 1.165) is 6.26 Å². The molecule has 0 saturated heterocycles. The van der Waals surface area contributed by atoms with E-state index in [1.54, 1.807) is 6.92 Å². The van der Waals surface area contributed by atoms with E-state index in [1.807, 2.05) is 0 Å². The molecule has 1 heterocycles. The summed E-state index contributed by atoms with van der Waals surface area (Å²) in [5.41, 5.74) is 0.619. The van der Waals surface area contributed by atoms with Crippen LogP contribution in [0.2, 0.25) is 0 Å². The lowest BCUT2D eigenvalue weighted by Crippen LogP contribution is -2.11. The van der Waals surface area contributed by atoms with Gasteiger partial charge in [-0.05, 0) is 6.92 Å². The maximum atomic E-state index is 11.1. The molecular weight excluding hydrogens is 212 g/mol. The quantitative estimate of drug-likeness (QED) is 0.309. The predicted molar refractivity (Wildman–Crippen MR) is 55.0 cm³/mol. The second kappa shape index (κ2) is 5.16. The maximum Gasteiger partial charge on any atom is 0.340 e. The lowest BCUT2D eigenvalue weighted by Gasteiger charge is -2.08. The molecule has 0 aromatic carbocycles. The summed E-state index contributed by atoms with van der Waals surface area (Å²) in [7, 11) is 1.25. The fourth-order valence-electron chi connectivity index (χ4n) is 1.01. The van der Waals surface area contributed by atoms with Crippen molar-refractivity contribution in [1.82, 2.24) is 0 Å². The Hall–Kier alpha value is -2.04. The van der Waals surface area contributed by atoms with E-state index < -0.39 is 18.2 Å². The molecule has 0 amide bonds. The van der Waals surface area contributed by atoms with Crippen LogP contribution in [0.15, 0.2) is 36.1 Å². The first kappa shape index (κ1) is 12.0. The molecule has 16 heavy (non-hydrogen) atoms. The molecule has 86 valence electrons. The number of rotatable bonds is 4. The van der Waals surface area contributed by atoms with Crippen LogP contribution in [0.5, 0.6) is 0 Å². The number of cyclic esters (lactones) is 1. The largest absolute Gasteiger partial charge is 0.465 e. The van der Waals surface area contributed by atoms with E-state index in [9.17, 15) is 9.59 Å². The fourth-order valence-corrected chi connectivity index (χ4v) is 1.01. The van der Waals surface area contributed by atoms with Crippen LogP contribution in [0.3, 0.4) is 0 Å². The molecule has 1 unspecified atom stereocenters. The number of methoxy groups -OCH3 is 1. The fraction of sp³-hybridized carbons (Fsp3) is 0.273. The molecule has 0 N–H and O–H groups in total. The molecule has 0 bridgehead atoms. The van der Waals surface area contributed by atoms with Crippen LogP contribution >= 0.6 is 0 Å². The second-order valence-corrected chi connectivity index (χ2v) is 3.03. The van der Waals surface area contributed by atoms with Crippen molar-refractivity contribution in [2.75, 3.05) is 7.11 Å². The molecule has 0 aliphatic carbocycles. The molecule has 5 heteroatoms. The van der Waals surface area contributed by atoms with Gasteiger partial charge in [0.25, 0.3) is 6.29 Å². The topological polar surface area (TPSA) is 61.8 Å². The van der Waals surface area contributed by atoms with Crippen molar-refractivity contribution in [2.45, 2.75) is 13.2 Å². The highest BCUT2D eigenvalue weighted by atomic mass is 16.7. The van der Waals surface area contributed by atoms with Gasteiger partial charge in [0.15, 0.2) is 0 Å². The first-order valence-corrected chi connectivity index (χ1v) is 4.54. The van der Waals surface area contributed by atoms with Crippen molar-refractivity contribution in [3.63, 3.8) is 0 Å². The average molecular weight is 224 g/mol. The SMILES string of the molecule is C=C/C(=C\OC1C=C(C)C(=O)O1)C(=O)OC. The minimum Gasteiger partial charge on any atom is -0.465 e. The summed E-state index contributed by atoms with van der Waals surface area (Å²) in [6.45, 7) is 5.05. The van der Waals surface area contributed by atoms with Crippen molar-refractivity contribution in [2.24, 2.45) is 0 Å². The molecule has 0 aromatic rings. The molecule has 0 fully saturated rings. The van der Waals surface area contributed by atoms with Gasteiger partial charge in [0.2, 0.25) is 0 Å². The molecule has 0 radical (unpaired) electrons. The summed E-state index contributed by atoms with van der Waals surface area (Å²) in [6, 6.07) is 0. The highest BCUT2D eigenvalue weighted by Crippen LogP contribution is 2.14. The van der Waals surface area contributed by atoms with Crippen LogP contribution in [-0.2, 0) is 23.8 Å². The van der Waals surface area contributed by atoms with Gasteiger partial charge in [0.05, 0.1) is 12.7 Å². The zero-order chi connectivity index (χ0) is 12.1. The summed E-state index contributed by atoms with van der Waals surface area (Å²) >= 11 is 0. The van der Waals surface area contributed by atoms with E-state index in [1.165, 1.54) is 19.3 Å². The zero-order valence-electron chi connectivity index (χ0n) is 9.06. The van der Waals surface area contributed by atoms with E-state index in [-0.39, 0.29) is 5.57 Å². The van der Waals surface area contributed by atoms with Crippen molar-refractivity contribution < 1.29 is 23.8 Å². The Morgan fingerprint density at radius 3 is 2.75 bits per heavy atom. The lowest BCUT2D eigenvalue weighted by molar-refractivity contribution is -0.152. The predicted octanol–water partition coefficient (Wildman–Crippen LogP) is 1.08. The summed E-state index contributed by atoms with van der Waals surface area (Å²) in [5, 5.41) is 0. The highest BCUT2D eigenvalue weighted by molar-refractivity contribution is 5.91. The molecule has 1 aliphatic rings. The number of hydrogen-bond donors (Lipinski definition) is 0. The van der Waals surface area contributed by atoms with Crippen molar-refractivity contribution in [3.05, 3.63) is 36.1 Å². The van der Waals surface area contributed by atoms with Crippen molar-refractivity contribution in [3.8, 4) is 0 Å². The number of hydrogen-bond acceptors (Lipinski definition) is 5. The van der Waals surface area contributed by atoms with Gasteiger partial charge >= 0.3 is 11.9 Å². The smallest absolute Gasteiger partial charge is 0.340 e. The van der Waals surface area contributed by atoms with Crippen molar-refractivity contribution in [1.29, 1.82) is 0 Å². The normalized spacial score (nSPS) is 19.9. The summed E-state index contributed by atoms with van der Waals surface area (Å²) in [6.07, 6.45) is 3.15. The minimum absolute atomic E-state index is 0.150. The van der Waals surface area contributed by atoms with Gasteiger partial charge in [-0.2, -0.15) is 0 Å². The number of carbonyl (C=O) groups excluding carboxylic acids is 2. The third-order valence-electron chi connectivity index (χ3n) is 1.90. The number of esters is 2. The average Bonchev–Trinajstić information content (AvgIpc) is 2.59. The first-order valence-electron chi connectivity index (χ1n) is 4.54. The molecule has 0 saturated carbocycles. The van der Waals surface area contributed by atoms with Crippen LogP contribution in [0.25, 0.3) is 0 Å². The van der Waals surface area contributed by atoms with E-state index in [4.69, 9.17) is 9.47 Å². The van der Waals surface area contributed by atoms with Crippen LogP contribution in [0.4, 0.5) is 0 Å². The molecule has 0 spiro atoms.